The summed E-state index contributed by atoms with van der Waals surface area (Å²) in [4.78, 5) is 15.1. The molecule has 0 aromatic heterocycles. The lowest BCUT2D eigenvalue weighted by atomic mass is 9.77. The normalized spacial score (nSPS) is 38.2. The number of ether oxygens (including phenoxy) is 1. The molecule has 0 aromatic carbocycles. The molecule has 2 aliphatic carbocycles. The van der Waals surface area contributed by atoms with Crippen LogP contribution in [0, 0.1) is 0 Å². The molecular weight excluding hydrogens is 264 g/mol. The number of nitrogens with one attached hydrogen (secondary N) is 1. The Morgan fingerprint density at radius 2 is 2.00 bits per heavy atom. The quantitative estimate of drug-likeness (QED) is 0.809. The van der Waals surface area contributed by atoms with Crippen LogP contribution in [0.4, 0.5) is 0 Å². The van der Waals surface area contributed by atoms with Gasteiger partial charge in [0.05, 0.1) is 7.11 Å². The zero-order valence-electron chi connectivity index (χ0n) is 13.6. The zero-order chi connectivity index (χ0) is 14.9. The molecule has 1 N–H and O–H groups in total. The fourth-order valence-corrected chi connectivity index (χ4v) is 4.38. The van der Waals surface area contributed by atoms with E-state index in [9.17, 15) is 4.79 Å². The molecule has 21 heavy (non-hydrogen) atoms. The van der Waals surface area contributed by atoms with Crippen LogP contribution in [0.25, 0.3) is 0 Å². The van der Waals surface area contributed by atoms with Crippen molar-refractivity contribution in [1.82, 2.24) is 10.2 Å². The van der Waals surface area contributed by atoms with Crippen molar-refractivity contribution in [1.29, 1.82) is 0 Å². The van der Waals surface area contributed by atoms with Crippen LogP contribution >= 0.6 is 0 Å². The van der Waals surface area contributed by atoms with E-state index in [1.54, 1.807) is 0 Å². The van der Waals surface area contributed by atoms with Gasteiger partial charge in [0.2, 0.25) is 0 Å². The van der Waals surface area contributed by atoms with Gasteiger partial charge in [0.25, 0.3) is 0 Å². The van der Waals surface area contributed by atoms with Gasteiger partial charge in [0.1, 0.15) is 5.54 Å². The predicted octanol–water partition coefficient (Wildman–Crippen LogP) is 2.47. The van der Waals surface area contributed by atoms with E-state index in [0.29, 0.717) is 18.1 Å². The number of hydrogen-bond donors (Lipinski definition) is 1. The average Bonchev–Trinajstić information content (AvgIpc) is 3.31. The van der Waals surface area contributed by atoms with Gasteiger partial charge in [0.15, 0.2) is 0 Å². The van der Waals surface area contributed by atoms with Crippen molar-refractivity contribution in [3.8, 4) is 0 Å². The minimum Gasteiger partial charge on any atom is -0.468 e. The Morgan fingerprint density at radius 3 is 2.67 bits per heavy atom. The number of hydrogen-bond acceptors (Lipinski definition) is 4. The van der Waals surface area contributed by atoms with E-state index in [1.165, 1.54) is 52.2 Å². The molecule has 3 rings (SSSR count). The number of likely N-dealkylation sites (tertiary alicyclic amines) is 1. The summed E-state index contributed by atoms with van der Waals surface area (Å²) in [6.07, 6.45) is 10.6. The van der Waals surface area contributed by atoms with Gasteiger partial charge in [0, 0.05) is 18.1 Å². The standard InChI is InChI=1S/C17H30N2O2/c1-13-6-3-4-11-19(13)15-7-5-10-17(12-15,16(20)21-2)18-14-8-9-14/h13-15,18H,3-12H2,1-2H3. The molecule has 0 spiro atoms. The van der Waals surface area contributed by atoms with Crippen LogP contribution in [-0.2, 0) is 9.53 Å². The Morgan fingerprint density at radius 1 is 1.19 bits per heavy atom. The first-order chi connectivity index (χ1) is 10.1. The highest BCUT2D eigenvalue weighted by molar-refractivity contribution is 5.81. The topological polar surface area (TPSA) is 41.6 Å². The summed E-state index contributed by atoms with van der Waals surface area (Å²) in [5, 5.41) is 3.64. The van der Waals surface area contributed by atoms with Crippen LogP contribution in [0.1, 0.15) is 64.7 Å². The molecule has 1 aliphatic heterocycles. The molecular formula is C17H30N2O2. The van der Waals surface area contributed by atoms with Gasteiger partial charge >= 0.3 is 5.97 Å². The van der Waals surface area contributed by atoms with Crippen molar-refractivity contribution in [3.63, 3.8) is 0 Å². The van der Waals surface area contributed by atoms with Crippen molar-refractivity contribution in [2.45, 2.75) is 88.4 Å². The smallest absolute Gasteiger partial charge is 0.326 e. The molecule has 4 nitrogen and oxygen atoms in total. The lowest BCUT2D eigenvalue weighted by Crippen LogP contribution is -2.60. The van der Waals surface area contributed by atoms with Gasteiger partial charge < -0.3 is 4.74 Å². The van der Waals surface area contributed by atoms with Gasteiger partial charge in [-0.15, -0.1) is 0 Å². The number of nitrogens with zero attached hydrogens (tertiary/aromatic N) is 1. The van der Waals surface area contributed by atoms with Gasteiger partial charge in [-0.25, -0.2) is 0 Å². The Hall–Kier alpha value is -0.610. The van der Waals surface area contributed by atoms with E-state index < -0.39 is 5.54 Å². The Kier molecular flexibility index (Phi) is 4.55. The summed E-state index contributed by atoms with van der Waals surface area (Å²) in [7, 11) is 1.53. The van der Waals surface area contributed by atoms with Gasteiger partial charge in [-0.1, -0.05) is 6.42 Å². The highest BCUT2D eigenvalue weighted by Gasteiger charge is 2.48. The fraction of sp³-hybridized carbons (Fsp3) is 0.941. The molecule has 120 valence electrons. The molecule has 2 saturated carbocycles. The zero-order valence-corrected chi connectivity index (χ0v) is 13.6. The molecule has 3 unspecified atom stereocenters. The van der Waals surface area contributed by atoms with Gasteiger partial charge in [-0.2, -0.15) is 0 Å². The van der Waals surface area contributed by atoms with Crippen molar-refractivity contribution < 1.29 is 9.53 Å². The molecule has 0 amide bonds. The second-order valence-electron chi connectivity index (χ2n) is 7.33. The van der Waals surface area contributed by atoms with Crippen LogP contribution in [0.3, 0.4) is 0 Å². The second kappa shape index (κ2) is 6.25. The number of carbonyl (C=O) groups is 1. The number of esters is 1. The summed E-state index contributed by atoms with van der Waals surface area (Å²) < 4.78 is 5.16. The van der Waals surface area contributed by atoms with Crippen LogP contribution in [0.5, 0.6) is 0 Å². The Labute approximate surface area is 128 Å². The first-order valence-electron chi connectivity index (χ1n) is 8.76. The third kappa shape index (κ3) is 3.26. The van der Waals surface area contributed by atoms with Gasteiger partial charge in [-0.3, -0.25) is 15.0 Å². The molecule has 1 saturated heterocycles. The predicted molar refractivity (Wildman–Crippen MR) is 83.2 cm³/mol. The van der Waals surface area contributed by atoms with Crippen molar-refractivity contribution in [3.05, 3.63) is 0 Å². The van der Waals surface area contributed by atoms with E-state index in [-0.39, 0.29) is 5.97 Å². The molecule has 0 radical (unpaired) electrons. The largest absolute Gasteiger partial charge is 0.468 e. The molecule has 0 bridgehead atoms. The highest BCUT2D eigenvalue weighted by Crippen LogP contribution is 2.37. The summed E-state index contributed by atoms with van der Waals surface area (Å²) in [6, 6.07) is 1.75. The van der Waals surface area contributed by atoms with E-state index in [2.05, 4.69) is 17.1 Å². The SMILES string of the molecule is COC(=O)C1(NC2CC2)CCCC(N2CCCCC2C)C1. The van der Waals surface area contributed by atoms with Crippen molar-refractivity contribution >= 4 is 5.97 Å². The second-order valence-corrected chi connectivity index (χ2v) is 7.33. The first-order valence-corrected chi connectivity index (χ1v) is 8.76. The van der Waals surface area contributed by atoms with E-state index in [1.807, 2.05) is 0 Å². The van der Waals surface area contributed by atoms with Crippen LogP contribution in [-0.4, -0.2) is 48.2 Å². The van der Waals surface area contributed by atoms with Crippen LogP contribution in [0.15, 0.2) is 0 Å². The third-order valence-electron chi connectivity index (χ3n) is 5.68. The highest BCUT2D eigenvalue weighted by atomic mass is 16.5. The number of methoxy groups -OCH3 is 1. The third-order valence-corrected chi connectivity index (χ3v) is 5.68. The monoisotopic (exact) mass is 294 g/mol. The maximum Gasteiger partial charge on any atom is 0.326 e. The minimum atomic E-state index is -0.421. The van der Waals surface area contributed by atoms with Crippen LogP contribution in [0.2, 0.25) is 0 Å². The molecule has 0 aromatic rings. The van der Waals surface area contributed by atoms with Gasteiger partial charge in [-0.05, 0) is 64.8 Å². The summed E-state index contributed by atoms with van der Waals surface area (Å²) in [5.74, 6) is -0.0382. The molecule has 3 fully saturated rings. The summed E-state index contributed by atoms with van der Waals surface area (Å²) >= 11 is 0. The number of piperidine rings is 1. The maximum atomic E-state index is 12.5. The minimum absolute atomic E-state index is 0.0382. The average molecular weight is 294 g/mol. The lowest BCUT2D eigenvalue weighted by Gasteiger charge is -2.47. The molecule has 4 heteroatoms. The fourth-order valence-electron chi connectivity index (χ4n) is 4.38. The van der Waals surface area contributed by atoms with Crippen molar-refractivity contribution in [2.24, 2.45) is 0 Å². The number of carbonyl (C=O) groups excluding carboxylic acids is 1. The van der Waals surface area contributed by atoms with Crippen LogP contribution < -0.4 is 5.32 Å². The lowest BCUT2D eigenvalue weighted by molar-refractivity contribution is -0.151. The van der Waals surface area contributed by atoms with E-state index in [0.717, 1.165) is 19.3 Å². The molecule has 1 heterocycles. The maximum absolute atomic E-state index is 12.5. The van der Waals surface area contributed by atoms with Crippen molar-refractivity contribution in [2.75, 3.05) is 13.7 Å². The first kappa shape index (κ1) is 15.3. The van der Waals surface area contributed by atoms with E-state index in [4.69, 9.17) is 4.74 Å². The summed E-state index contributed by atoms with van der Waals surface area (Å²) in [6.45, 7) is 3.55. The Balaban J connectivity index is 1.73. The van der Waals surface area contributed by atoms with E-state index >= 15 is 0 Å². The molecule has 3 atom stereocenters. The summed E-state index contributed by atoms with van der Waals surface area (Å²) in [5.41, 5.74) is -0.421. The Bertz CT molecular complexity index is 383. The molecule has 3 aliphatic rings. The number of rotatable bonds is 4.